The number of hydrogen-bond acceptors (Lipinski definition) is 3. The van der Waals surface area contributed by atoms with Crippen molar-refractivity contribution in [2.24, 2.45) is 0 Å². The molecule has 0 atom stereocenters. The van der Waals surface area contributed by atoms with E-state index >= 15 is 0 Å². The Hall–Kier alpha value is -1.84. The van der Waals surface area contributed by atoms with Crippen LogP contribution in [0.2, 0.25) is 0 Å². The highest BCUT2D eigenvalue weighted by atomic mass is 15.2. The number of aromatic nitrogens is 3. The number of nitrogens with zero attached hydrogens (tertiary/aromatic N) is 3. The molecule has 2 aromatic heterocycles. The molecular formula is C14H20N4. The quantitative estimate of drug-likeness (QED) is 0.849. The molecule has 0 aliphatic rings. The van der Waals surface area contributed by atoms with Crippen LogP contribution in [-0.4, -0.2) is 14.5 Å². The molecule has 2 aromatic rings. The van der Waals surface area contributed by atoms with Crippen molar-refractivity contribution in [2.45, 2.75) is 39.8 Å². The third-order valence-electron chi connectivity index (χ3n) is 2.85. The molecule has 0 aromatic carbocycles. The highest BCUT2D eigenvalue weighted by Gasteiger charge is 2.04. The van der Waals surface area contributed by atoms with Gasteiger partial charge in [0.1, 0.15) is 0 Å². The fraction of sp³-hybridized carbons (Fsp3) is 0.429. The van der Waals surface area contributed by atoms with Crippen LogP contribution in [-0.2, 0) is 13.1 Å². The molecule has 18 heavy (non-hydrogen) atoms. The molecule has 96 valence electrons. The van der Waals surface area contributed by atoms with E-state index < -0.39 is 0 Å². The third kappa shape index (κ3) is 3.32. The summed E-state index contributed by atoms with van der Waals surface area (Å²) in [5.74, 6) is 0.956. The van der Waals surface area contributed by atoms with Crippen LogP contribution in [0.15, 0.2) is 30.7 Å². The molecule has 0 saturated carbocycles. The first-order chi connectivity index (χ1) is 8.79. The normalized spacial score (nSPS) is 10.6. The summed E-state index contributed by atoms with van der Waals surface area (Å²) < 4.78 is 2.19. The molecule has 4 nitrogen and oxygen atoms in total. The fourth-order valence-electron chi connectivity index (χ4n) is 1.87. The van der Waals surface area contributed by atoms with Gasteiger partial charge in [0.25, 0.3) is 0 Å². The summed E-state index contributed by atoms with van der Waals surface area (Å²) in [6.45, 7) is 6.04. The van der Waals surface area contributed by atoms with Crippen LogP contribution in [0.4, 0.5) is 5.95 Å². The maximum Gasteiger partial charge on any atom is 0.203 e. The van der Waals surface area contributed by atoms with Gasteiger partial charge in [-0.15, -0.1) is 0 Å². The fourth-order valence-corrected chi connectivity index (χ4v) is 1.87. The first-order valence-corrected chi connectivity index (χ1v) is 6.46. The number of pyridine rings is 1. The molecular weight excluding hydrogens is 224 g/mol. The largest absolute Gasteiger partial charge is 0.352 e. The Morgan fingerprint density at radius 1 is 1.28 bits per heavy atom. The maximum atomic E-state index is 4.51. The second-order valence-corrected chi connectivity index (χ2v) is 4.46. The Kier molecular flexibility index (Phi) is 4.34. The van der Waals surface area contributed by atoms with Gasteiger partial charge in [-0.1, -0.05) is 13.3 Å². The lowest BCUT2D eigenvalue weighted by Gasteiger charge is -2.09. The lowest BCUT2D eigenvalue weighted by Crippen LogP contribution is -2.07. The van der Waals surface area contributed by atoms with Gasteiger partial charge in [0.2, 0.25) is 5.95 Å². The van der Waals surface area contributed by atoms with Crippen molar-refractivity contribution in [1.29, 1.82) is 0 Å². The minimum atomic E-state index is 0.783. The number of hydrogen-bond donors (Lipinski definition) is 1. The molecule has 0 unspecified atom stereocenters. The lowest BCUT2D eigenvalue weighted by atomic mass is 10.3. The van der Waals surface area contributed by atoms with Crippen molar-refractivity contribution in [3.8, 4) is 0 Å². The molecule has 0 fully saturated rings. The van der Waals surface area contributed by atoms with E-state index in [1.54, 1.807) is 0 Å². The number of rotatable bonds is 6. The molecule has 4 heteroatoms. The van der Waals surface area contributed by atoms with Crippen molar-refractivity contribution < 1.29 is 0 Å². The van der Waals surface area contributed by atoms with E-state index in [1.165, 1.54) is 18.4 Å². The minimum absolute atomic E-state index is 0.783. The van der Waals surface area contributed by atoms with Gasteiger partial charge < -0.3 is 9.88 Å². The Morgan fingerprint density at radius 2 is 2.06 bits per heavy atom. The molecule has 0 radical (unpaired) electrons. The third-order valence-corrected chi connectivity index (χ3v) is 2.85. The number of anilines is 1. The van der Waals surface area contributed by atoms with Crippen LogP contribution in [0.5, 0.6) is 0 Å². The van der Waals surface area contributed by atoms with Crippen LogP contribution in [0.25, 0.3) is 0 Å². The number of unbranched alkanes of at least 4 members (excludes halogenated alkanes) is 1. The molecule has 2 rings (SSSR count). The summed E-state index contributed by atoms with van der Waals surface area (Å²) >= 11 is 0. The monoisotopic (exact) mass is 244 g/mol. The van der Waals surface area contributed by atoms with Gasteiger partial charge in [-0.05, 0) is 31.0 Å². The summed E-state index contributed by atoms with van der Waals surface area (Å²) in [5.41, 5.74) is 2.27. The predicted octanol–water partition coefficient (Wildman–Crippen LogP) is 3.00. The van der Waals surface area contributed by atoms with Crippen molar-refractivity contribution in [3.63, 3.8) is 0 Å². The molecule has 0 aliphatic carbocycles. The van der Waals surface area contributed by atoms with Gasteiger partial charge >= 0.3 is 0 Å². The van der Waals surface area contributed by atoms with Crippen LogP contribution < -0.4 is 5.32 Å². The highest BCUT2D eigenvalue weighted by molar-refractivity contribution is 5.30. The van der Waals surface area contributed by atoms with Gasteiger partial charge in [-0.2, -0.15) is 0 Å². The average Bonchev–Trinajstić information content (AvgIpc) is 2.75. The maximum absolute atomic E-state index is 4.51. The molecule has 2 heterocycles. The van der Waals surface area contributed by atoms with E-state index in [9.17, 15) is 0 Å². The average molecular weight is 244 g/mol. The van der Waals surface area contributed by atoms with Crippen LogP contribution in [0, 0.1) is 6.92 Å². The number of imidazole rings is 1. The zero-order valence-corrected chi connectivity index (χ0v) is 11.1. The van der Waals surface area contributed by atoms with Gasteiger partial charge in [0, 0.05) is 31.7 Å². The van der Waals surface area contributed by atoms with Gasteiger partial charge in [0.05, 0.1) is 5.69 Å². The zero-order valence-electron chi connectivity index (χ0n) is 11.1. The van der Waals surface area contributed by atoms with Crippen LogP contribution in [0.3, 0.4) is 0 Å². The second kappa shape index (κ2) is 6.19. The van der Waals surface area contributed by atoms with Gasteiger partial charge in [0.15, 0.2) is 0 Å². The minimum Gasteiger partial charge on any atom is -0.352 e. The lowest BCUT2D eigenvalue weighted by molar-refractivity contribution is 0.634. The van der Waals surface area contributed by atoms with Gasteiger partial charge in [-0.25, -0.2) is 4.98 Å². The molecule has 1 N–H and O–H groups in total. The Bertz CT molecular complexity index is 476. The first kappa shape index (κ1) is 12.6. The van der Waals surface area contributed by atoms with E-state index in [2.05, 4.69) is 33.0 Å². The number of nitrogens with one attached hydrogen (secondary N) is 1. The van der Waals surface area contributed by atoms with Crippen molar-refractivity contribution in [3.05, 3.63) is 42.0 Å². The van der Waals surface area contributed by atoms with E-state index in [4.69, 9.17) is 0 Å². The summed E-state index contributed by atoms with van der Waals surface area (Å²) in [6, 6.07) is 4.03. The molecule has 0 saturated heterocycles. The summed E-state index contributed by atoms with van der Waals surface area (Å²) in [7, 11) is 0. The van der Waals surface area contributed by atoms with Gasteiger partial charge in [-0.3, -0.25) is 4.98 Å². The van der Waals surface area contributed by atoms with Crippen molar-refractivity contribution in [1.82, 2.24) is 14.5 Å². The molecule has 0 bridgehead atoms. The van der Waals surface area contributed by atoms with Crippen molar-refractivity contribution in [2.75, 3.05) is 5.32 Å². The van der Waals surface area contributed by atoms with Crippen LogP contribution in [0.1, 0.15) is 31.0 Å². The van der Waals surface area contributed by atoms with Crippen molar-refractivity contribution >= 4 is 5.95 Å². The van der Waals surface area contributed by atoms with Crippen LogP contribution >= 0.6 is 0 Å². The molecule has 0 amide bonds. The summed E-state index contributed by atoms with van der Waals surface area (Å²) in [5, 5.41) is 3.38. The summed E-state index contributed by atoms with van der Waals surface area (Å²) in [6.07, 6.45) is 8.10. The Labute approximate surface area is 108 Å². The Balaban J connectivity index is 2.00. The topological polar surface area (TPSA) is 42.7 Å². The smallest absolute Gasteiger partial charge is 0.203 e. The SMILES string of the molecule is CCCCn1cc(C)nc1NCc1ccncc1. The highest BCUT2D eigenvalue weighted by Crippen LogP contribution is 2.11. The van der Waals surface area contributed by atoms with E-state index in [0.29, 0.717) is 0 Å². The number of aryl methyl sites for hydroxylation is 2. The zero-order chi connectivity index (χ0) is 12.8. The summed E-state index contributed by atoms with van der Waals surface area (Å²) in [4.78, 5) is 8.53. The van der Waals surface area contributed by atoms with E-state index in [1.807, 2.05) is 31.5 Å². The molecule has 0 aliphatic heterocycles. The Morgan fingerprint density at radius 3 is 2.78 bits per heavy atom. The molecule has 0 spiro atoms. The second-order valence-electron chi connectivity index (χ2n) is 4.46. The van der Waals surface area contributed by atoms with E-state index in [0.717, 1.165) is 24.7 Å². The first-order valence-electron chi connectivity index (χ1n) is 6.46. The predicted molar refractivity (Wildman–Crippen MR) is 73.4 cm³/mol. The standard InChI is InChI=1S/C14H20N4/c1-3-4-9-18-11-12(2)17-14(18)16-10-13-5-7-15-8-6-13/h5-8,11H,3-4,9-10H2,1-2H3,(H,16,17). The van der Waals surface area contributed by atoms with E-state index in [-0.39, 0.29) is 0 Å².